The summed E-state index contributed by atoms with van der Waals surface area (Å²) in [6.07, 6.45) is -1.31. The third-order valence-electron chi connectivity index (χ3n) is 3.88. The number of fused-ring (bicyclic) bond motifs is 3. The molecule has 1 aromatic heterocycles. The molecule has 0 saturated carbocycles. The van der Waals surface area contributed by atoms with Crippen molar-refractivity contribution in [2.75, 3.05) is 7.11 Å². The first kappa shape index (κ1) is 14.1. The second-order valence-electron chi connectivity index (χ2n) is 5.93. The van der Waals surface area contributed by atoms with E-state index >= 15 is 0 Å². The Hall–Kier alpha value is -1.85. The molecular formula is C16H18O5. The van der Waals surface area contributed by atoms with Gasteiger partial charge < -0.3 is 19.0 Å². The van der Waals surface area contributed by atoms with E-state index in [1.54, 1.807) is 19.9 Å². The predicted octanol–water partition coefficient (Wildman–Crippen LogP) is 2.32. The fourth-order valence-electron chi connectivity index (χ4n) is 2.86. The highest BCUT2D eigenvalue weighted by Crippen LogP contribution is 2.45. The monoisotopic (exact) mass is 290 g/mol. The van der Waals surface area contributed by atoms with Crippen LogP contribution in [0.5, 0.6) is 5.75 Å². The maximum absolute atomic E-state index is 12.3. The molecule has 1 N–H and O–H groups in total. The normalized spacial score (nSPS) is 21.4. The molecule has 5 nitrogen and oxygen atoms in total. The van der Waals surface area contributed by atoms with E-state index in [0.717, 1.165) is 10.9 Å². The maximum atomic E-state index is 12.3. The molecule has 1 aliphatic rings. The molecule has 0 saturated heterocycles. The highest BCUT2D eigenvalue weighted by molar-refractivity contribution is 5.88. The summed E-state index contributed by atoms with van der Waals surface area (Å²) in [5.41, 5.74) is 0.123. The molecule has 0 radical (unpaired) electrons. The number of methoxy groups -OCH3 is 1. The molecule has 0 fully saturated rings. The highest BCUT2D eigenvalue weighted by Gasteiger charge is 2.46. The van der Waals surface area contributed by atoms with Crippen LogP contribution in [-0.4, -0.2) is 23.9 Å². The van der Waals surface area contributed by atoms with Gasteiger partial charge in [-0.3, -0.25) is 0 Å². The minimum absolute atomic E-state index is 0.339. The molecule has 2 atom stereocenters. The molecule has 2 aromatic rings. The molecule has 21 heavy (non-hydrogen) atoms. The van der Waals surface area contributed by atoms with Crippen molar-refractivity contribution in [1.29, 1.82) is 0 Å². The van der Waals surface area contributed by atoms with Crippen LogP contribution in [0, 0.1) is 6.92 Å². The van der Waals surface area contributed by atoms with Crippen molar-refractivity contribution in [3.05, 3.63) is 39.7 Å². The number of hydrogen-bond donors (Lipinski definition) is 1. The Labute approximate surface area is 122 Å². The van der Waals surface area contributed by atoms with Crippen molar-refractivity contribution in [2.45, 2.75) is 38.6 Å². The topological polar surface area (TPSA) is 68.9 Å². The van der Waals surface area contributed by atoms with Crippen LogP contribution >= 0.6 is 0 Å². The second-order valence-corrected chi connectivity index (χ2v) is 5.93. The summed E-state index contributed by atoms with van der Waals surface area (Å²) in [6.45, 7) is 5.18. The van der Waals surface area contributed by atoms with Crippen LogP contribution in [-0.2, 0) is 4.74 Å². The van der Waals surface area contributed by atoms with Gasteiger partial charge in [-0.15, -0.1) is 0 Å². The third-order valence-corrected chi connectivity index (χ3v) is 3.88. The fraction of sp³-hybridized carbons (Fsp3) is 0.438. The minimum atomic E-state index is -1.15. The Kier molecular flexibility index (Phi) is 3.07. The van der Waals surface area contributed by atoms with Gasteiger partial charge in [0.15, 0.2) is 6.10 Å². The predicted molar refractivity (Wildman–Crippen MR) is 77.7 cm³/mol. The van der Waals surface area contributed by atoms with Gasteiger partial charge in [0.25, 0.3) is 0 Å². The summed E-state index contributed by atoms with van der Waals surface area (Å²) >= 11 is 0. The average molecular weight is 290 g/mol. The van der Waals surface area contributed by atoms with E-state index < -0.39 is 23.4 Å². The molecule has 0 amide bonds. The van der Waals surface area contributed by atoms with Gasteiger partial charge in [-0.05, 0) is 32.4 Å². The lowest BCUT2D eigenvalue weighted by Crippen LogP contribution is -2.42. The first-order chi connectivity index (χ1) is 9.84. The van der Waals surface area contributed by atoms with E-state index in [1.165, 1.54) is 7.11 Å². The lowest BCUT2D eigenvalue weighted by atomic mass is 9.94. The molecule has 112 valence electrons. The van der Waals surface area contributed by atoms with E-state index in [4.69, 9.17) is 13.9 Å². The van der Waals surface area contributed by atoms with Crippen LogP contribution in [0.4, 0.5) is 0 Å². The largest absolute Gasteiger partial charge is 0.483 e. The van der Waals surface area contributed by atoms with Crippen molar-refractivity contribution in [1.82, 2.24) is 0 Å². The number of aryl methyl sites for hydroxylation is 1. The van der Waals surface area contributed by atoms with Crippen LogP contribution < -0.4 is 10.4 Å². The van der Waals surface area contributed by atoms with Gasteiger partial charge in [-0.1, -0.05) is 12.1 Å². The van der Waals surface area contributed by atoms with Gasteiger partial charge in [-0.25, -0.2) is 4.79 Å². The average Bonchev–Trinajstić information content (AvgIpc) is 2.78. The summed E-state index contributed by atoms with van der Waals surface area (Å²) in [4.78, 5) is 12.3. The number of benzene rings is 1. The van der Waals surface area contributed by atoms with E-state index in [-0.39, 0.29) is 0 Å². The van der Waals surface area contributed by atoms with Crippen LogP contribution in [0.1, 0.15) is 31.1 Å². The first-order valence-electron chi connectivity index (χ1n) is 6.82. The number of aliphatic hydroxyl groups is 1. The zero-order chi connectivity index (χ0) is 15.4. The first-order valence-corrected chi connectivity index (χ1v) is 6.82. The molecule has 2 heterocycles. The van der Waals surface area contributed by atoms with Crippen molar-refractivity contribution >= 4 is 11.0 Å². The maximum Gasteiger partial charge on any atom is 0.346 e. The molecule has 1 aromatic carbocycles. The van der Waals surface area contributed by atoms with Gasteiger partial charge in [0.05, 0.1) is 11.0 Å². The Balaban J connectivity index is 2.33. The van der Waals surface area contributed by atoms with Crippen molar-refractivity contribution in [2.24, 2.45) is 0 Å². The quantitative estimate of drug-likeness (QED) is 0.860. The van der Waals surface area contributed by atoms with Crippen LogP contribution in [0.2, 0.25) is 0 Å². The van der Waals surface area contributed by atoms with E-state index in [1.807, 2.05) is 19.1 Å². The van der Waals surface area contributed by atoms with Gasteiger partial charge in [0.2, 0.25) is 0 Å². The van der Waals surface area contributed by atoms with Gasteiger partial charge >= 0.3 is 5.63 Å². The smallest absolute Gasteiger partial charge is 0.346 e. The molecule has 0 bridgehead atoms. The lowest BCUT2D eigenvalue weighted by Gasteiger charge is -2.28. The van der Waals surface area contributed by atoms with Gasteiger partial charge in [-0.2, -0.15) is 0 Å². The molecule has 3 rings (SSSR count). The van der Waals surface area contributed by atoms with Crippen molar-refractivity contribution < 1.29 is 19.0 Å². The summed E-state index contributed by atoms with van der Waals surface area (Å²) in [6, 6.07) is 5.47. The third kappa shape index (κ3) is 2.04. The summed E-state index contributed by atoms with van der Waals surface area (Å²) in [5.74, 6) is 0.457. The molecular weight excluding hydrogens is 272 g/mol. The van der Waals surface area contributed by atoms with E-state index in [0.29, 0.717) is 16.9 Å². The van der Waals surface area contributed by atoms with E-state index in [2.05, 4.69) is 0 Å². The van der Waals surface area contributed by atoms with Crippen molar-refractivity contribution in [3.8, 4) is 5.75 Å². The number of ether oxygens (including phenoxy) is 2. The van der Waals surface area contributed by atoms with Crippen molar-refractivity contribution in [3.63, 3.8) is 0 Å². The van der Waals surface area contributed by atoms with E-state index in [9.17, 15) is 9.90 Å². The number of hydrogen-bond acceptors (Lipinski definition) is 5. The molecule has 0 spiro atoms. The number of rotatable bonds is 2. The summed E-state index contributed by atoms with van der Waals surface area (Å²) < 4.78 is 16.7. The Morgan fingerprint density at radius 1 is 1.33 bits per heavy atom. The zero-order valence-corrected chi connectivity index (χ0v) is 12.5. The van der Waals surface area contributed by atoms with Crippen LogP contribution in [0.25, 0.3) is 11.0 Å². The Bertz CT molecular complexity index is 754. The SMILES string of the molecule is CO[C@H]1c2c(c3c(C)cccc3oc2=O)O[C@@H]1C(C)(C)O. The molecule has 0 aliphatic carbocycles. The standard InChI is InChI=1S/C16H18O5/c1-8-6-5-7-9-10(8)12-11(15(17)20-9)13(19-4)14(21-12)16(2,3)18/h5-7,13-14,18H,1-4H3/t13-,14-/m0/s1. The summed E-state index contributed by atoms with van der Waals surface area (Å²) in [7, 11) is 1.49. The van der Waals surface area contributed by atoms with Gasteiger partial charge in [0, 0.05) is 7.11 Å². The minimum Gasteiger partial charge on any atom is -0.483 e. The second kappa shape index (κ2) is 4.58. The zero-order valence-electron chi connectivity index (χ0n) is 12.5. The summed E-state index contributed by atoms with van der Waals surface area (Å²) in [5, 5.41) is 11.0. The lowest BCUT2D eigenvalue weighted by molar-refractivity contribution is -0.0883. The molecule has 5 heteroatoms. The van der Waals surface area contributed by atoms with Gasteiger partial charge in [0.1, 0.15) is 23.0 Å². The fourth-order valence-corrected chi connectivity index (χ4v) is 2.86. The molecule has 0 unspecified atom stereocenters. The molecule has 1 aliphatic heterocycles. The Morgan fingerprint density at radius 2 is 2.05 bits per heavy atom. The highest BCUT2D eigenvalue weighted by atomic mass is 16.6. The van der Waals surface area contributed by atoms with Crippen LogP contribution in [0.15, 0.2) is 27.4 Å². The van der Waals surface area contributed by atoms with Crippen LogP contribution in [0.3, 0.4) is 0 Å². The Morgan fingerprint density at radius 3 is 2.67 bits per heavy atom.